The van der Waals surface area contributed by atoms with E-state index >= 15 is 0 Å². The lowest BCUT2D eigenvalue weighted by molar-refractivity contribution is -0.192. The number of hydrogen-bond donors (Lipinski definition) is 2. The summed E-state index contributed by atoms with van der Waals surface area (Å²) in [6, 6.07) is 5.76. The third-order valence-electron chi connectivity index (χ3n) is 3.26. The number of nitrogens with two attached hydrogens (primary N) is 1. The Labute approximate surface area is 158 Å². The first-order valence-corrected chi connectivity index (χ1v) is 7.93. The van der Waals surface area contributed by atoms with Crippen molar-refractivity contribution in [3.8, 4) is 17.0 Å². The highest BCUT2D eigenvalue weighted by Crippen LogP contribution is 2.35. The van der Waals surface area contributed by atoms with Gasteiger partial charge in [-0.25, -0.2) is 14.5 Å². The predicted octanol–water partition coefficient (Wildman–Crippen LogP) is 3.02. The number of carbonyl (C=O) groups is 1. The number of anilines is 1. The summed E-state index contributed by atoms with van der Waals surface area (Å²) in [5.41, 5.74) is 7.96. The number of hydrogen-bond acceptors (Lipinski definition) is 6. The first-order valence-electron chi connectivity index (χ1n) is 7.13. The van der Waals surface area contributed by atoms with Gasteiger partial charge in [0.15, 0.2) is 5.65 Å². The predicted molar refractivity (Wildman–Crippen MR) is 94.1 cm³/mol. The van der Waals surface area contributed by atoms with Crippen LogP contribution in [0.15, 0.2) is 28.9 Å². The second-order valence-electron chi connectivity index (χ2n) is 5.09. The molecule has 0 saturated carbocycles. The second-order valence-corrected chi connectivity index (χ2v) is 6.00. The van der Waals surface area contributed by atoms with Crippen LogP contribution in [0.3, 0.4) is 0 Å². The minimum absolute atomic E-state index is 0.230. The zero-order valence-electron chi connectivity index (χ0n) is 14.0. The maximum absolute atomic E-state index is 10.6. The van der Waals surface area contributed by atoms with Gasteiger partial charge >= 0.3 is 12.1 Å². The number of alkyl halides is 3. The number of rotatable bonds is 2. The van der Waals surface area contributed by atoms with Crippen molar-refractivity contribution in [3.63, 3.8) is 0 Å². The van der Waals surface area contributed by atoms with Crippen molar-refractivity contribution in [2.75, 3.05) is 12.8 Å². The van der Waals surface area contributed by atoms with Crippen molar-refractivity contribution >= 4 is 38.9 Å². The molecule has 0 atom stereocenters. The molecule has 2 aromatic heterocycles. The number of nitrogen functional groups attached to an aromatic ring is 1. The Morgan fingerprint density at radius 3 is 2.56 bits per heavy atom. The van der Waals surface area contributed by atoms with Gasteiger partial charge < -0.3 is 15.6 Å². The maximum Gasteiger partial charge on any atom is 0.490 e. The standard InChI is InChI=1S/C13H12BrN5O.C2HF3O2/c1-19-12-9(6-16-13(15)17-12)11(18-19)8-5-7(14)3-4-10(8)20-2;3-2(4,5)1(6)7/h3-6H,1-2H3,(H2,15,16,17);(H,6,7). The summed E-state index contributed by atoms with van der Waals surface area (Å²) < 4.78 is 39.8. The van der Waals surface area contributed by atoms with E-state index in [4.69, 9.17) is 20.4 Å². The van der Waals surface area contributed by atoms with Crippen molar-refractivity contribution < 1.29 is 27.8 Å². The fraction of sp³-hybridized carbons (Fsp3) is 0.200. The van der Waals surface area contributed by atoms with Crippen LogP contribution in [0.5, 0.6) is 5.75 Å². The Kier molecular flexibility index (Phi) is 5.88. The normalized spacial score (nSPS) is 11.0. The molecular formula is C15H13BrF3N5O3. The minimum Gasteiger partial charge on any atom is -0.496 e. The Bertz CT molecular complexity index is 991. The van der Waals surface area contributed by atoms with E-state index in [1.54, 1.807) is 18.0 Å². The molecule has 0 saturated heterocycles. The van der Waals surface area contributed by atoms with Gasteiger partial charge in [0.1, 0.15) is 11.4 Å². The van der Waals surface area contributed by atoms with Gasteiger partial charge in [-0.15, -0.1) is 0 Å². The van der Waals surface area contributed by atoms with Crippen molar-refractivity contribution in [2.24, 2.45) is 7.05 Å². The van der Waals surface area contributed by atoms with E-state index in [2.05, 4.69) is 31.0 Å². The number of carboxylic acid groups (broad SMARTS) is 1. The smallest absolute Gasteiger partial charge is 0.490 e. The maximum atomic E-state index is 10.6. The number of fused-ring (bicyclic) bond motifs is 1. The number of carboxylic acids is 1. The lowest BCUT2D eigenvalue weighted by atomic mass is 10.1. The van der Waals surface area contributed by atoms with Crippen LogP contribution in [0.4, 0.5) is 19.1 Å². The number of aryl methyl sites for hydroxylation is 1. The van der Waals surface area contributed by atoms with Crippen LogP contribution < -0.4 is 10.5 Å². The van der Waals surface area contributed by atoms with Crippen molar-refractivity contribution in [1.82, 2.24) is 19.7 Å². The molecule has 3 rings (SSSR count). The number of ether oxygens (including phenoxy) is 1. The van der Waals surface area contributed by atoms with Gasteiger partial charge in [-0.05, 0) is 18.2 Å². The Morgan fingerprint density at radius 2 is 2.00 bits per heavy atom. The molecule has 144 valence electrons. The molecular weight excluding hydrogens is 435 g/mol. The first-order chi connectivity index (χ1) is 12.5. The minimum atomic E-state index is -5.08. The molecule has 12 heteroatoms. The Morgan fingerprint density at radius 1 is 1.37 bits per heavy atom. The molecule has 8 nitrogen and oxygen atoms in total. The summed E-state index contributed by atoms with van der Waals surface area (Å²) in [5.74, 6) is -1.79. The molecule has 0 radical (unpaired) electrons. The lowest BCUT2D eigenvalue weighted by Crippen LogP contribution is -2.21. The van der Waals surface area contributed by atoms with Crippen molar-refractivity contribution in [3.05, 3.63) is 28.9 Å². The molecule has 0 amide bonds. The van der Waals surface area contributed by atoms with Gasteiger partial charge in [-0.3, -0.25) is 0 Å². The highest BCUT2D eigenvalue weighted by molar-refractivity contribution is 9.10. The van der Waals surface area contributed by atoms with Crippen LogP contribution in [0.1, 0.15) is 0 Å². The second kappa shape index (κ2) is 7.78. The van der Waals surface area contributed by atoms with Gasteiger partial charge in [0.25, 0.3) is 0 Å². The molecule has 0 aliphatic rings. The molecule has 0 aliphatic carbocycles. The van der Waals surface area contributed by atoms with Crippen LogP contribution in [0, 0.1) is 0 Å². The zero-order valence-corrected chi connectivity index (χ0v) is 15.5. The number of aromatic nitrogens is 4. The molecule has 0 aliphatic heterocycles. The van der Waals surface area contributed by atoms with E-state index in [0.717, 1.165) is 26.9 Å². The number of benzene rings is 1. The van der Waals surface area contributed by atoms with Crippen LogP contribution in [0.25, 0.3) is 22.3 Å². The summed E-state index contributed by atoms with van der Waals surface area (Å²) in [5, 5.41) is 12.5. The third kappa shape index (κ3) is 4.64. The summed E-state index contributed by atoms with van der Waals surface area (Å²) >= 11 is 3.46. The highest BCUT2D eigenvalue weighted by atomic mass is 79.9. The number of halogens is 4. The Balaban J connectivity index is 0.000000321. The molecule has 0 fully saturated rings. The first kappa shape index (κ1) is 20.4. The van der Waals surface area contributed by atoms with Gasteiger partial charge in [0.2, 0.25) is 5.95 Å². The molecule has 27 heavy (non-hydrogen) atoms. The van der Waals surface area contributed by atoms with Gasteiger partial charge in [-0.1, -0.05) is 15.9 Å². The van der Waals surface area contributed by atoms with Crippen LogP contribution in [-0.4, -0.2) is 44.1 Å². The van der Waals surface area contributed by atoms with E-state index in [1.165, 1.54) is 0 Å². The van der Waals surface area contributed by atoms with Crippen LogP contribution >= 0.6 is 15.9 Å². The fourth-order valence-corrected chi connectivity index (χ4v) is 2.48. The molecule has 0 bridgehead atoms. The average molecular weight is 448 g/mol. The van der Waals surface area contributed by atoms with E-state index in [1.807, 2.05) is 25.2 Å². The quantitative estimate of drug-likeness (QED) is 0.619. The summed E-state index contributed by atoms with van der Waals surface area (Å²) in [7, 11) is 3.45. The molecule has 0 unspecified atom stereocenters. The number of aliphatic carboxylic acids is 1. The highest BCUT2D eigenvalue weighted by Gasteiger charge is 2.38. The Hall–Kier alpha value is -2.89. The summed E-state index contributed by atoms with van der Waals surface area (Å²) in [6.07, 6.45) is -3.40. The summed E-state index contributed by atoms with van der Waals surface area (Å²) in [4.78, 5) is 17.2. The molecule has 3 N–H and O–H groups in total. The molecule has 0 spiro atoms. The largest absolute Gasteiger partial charge is 0.496 e. The summed E-state index contributed by atoms with van der Waals surface area (Å²) in [6.45, 7) is 0. The van der Waals surface area contributed by atoms with E-state index in [9.17, 15) is 13.2 Å². The number of nitrogens with zero attached hydrogens (tertiary/aromatic N) is 4. The van der Waals surface area contributed by atoms with E-state index in [0.29, 0.717) is 5.65 Å². The topological polar surface area (TPSA) is 116 Å². The SMILES string of the molecule is COc1ccc(Br)cc1-c1nn(C)c2nc(N)ncc12.O=C(O)C(F)(F)F. The zero-order chi connectivity index (χ0) is 20.4. The molecule has 2 heterocycles. The van der Waals surface area contributed by atoms with Gasteiger partial charge in [0, 0.05) is 23.3 Å². The lowest BCUT2D eigenvalue weighted by Gasteiger charge is -2.06. The number of methoxy groups -OCH3 is 1. The van der Waals surface area contributed by atoms with Gasteiger partial charge in [0.05, 0.1) is 12.5 Å². The van der Waals surface area contributed by atoms with Crippen molar-refractivity contribution in [2.45, 2.75) is 6.18 Å². The van der Waals surface area contributed by atoms with Crippen LogP contribution in [-0.2, 0) is 11.8 Å². The molecule has 1 aromatic carbocycles. The average Bonchev–Trinajstić information content (AvgIpc) is 2.91. The van der Waals surface area contributed by atoms with Gasteiger partial charge in [-0.2, -0.15) is 23.3 Å². The van der Waals surface area contributed by atoms with Crippen molar-refractivity contribution in [1.29, 1.82) is 0 Å². The third-order valence-corrected chi connectivity index (χ3v) is 3.75. The van der Waals surface area contributed by atoms with E-state index < -0.39 is 12.1 Å². The van der Waals surface area contributed by atoms with Crippen LogP contribution in [0.2, 0.25) is 0 Å². The molecule has 3 aromatic rings. The monoisotopic (exact) mass is 447 g/mol. The fourth-order valence-electron chi connectivity index (χ4n) is 2.12. The van der Waals surface area contributed by atoms with E-state index in [-0.39, 0.29) is 5.95 Å².